The predicted molar refractivity (Wildman–Crippen MR) is 117 cm³/mol. The lowest BCUT2D eigenvalue weighted by atomic mass is 9.94. The van der Waals surface area contributed by atoms with Crippen molar-refractivity contribution in [3.05, 3.63) is 51.8 Å². The Kier molecular flexibility index (Phi) is 6.66. The second-order valence-corrected chi connectivity index (χ2v) is 8.21. The van der Waals surface area contributed by atoms with Gasteiger partial charge in [-0.3, -0.25) is 0 Å². The van der Waals surface area contributed by atoms with Crippen LogP contribution in [0.3, 0.4) is 0 Å². The molecule has 1 N–H and O–H groups in total. The van der Waals surface area contributed by atoms with Gasteiger partial charge in [-0.05, 0) is 73.8 Å². The van der Waals surface area contributed by atoms with E-state index in [1.54, 1.807) is 13.2 Å². The number of fused-ring (bicyclic) bond motifs is 2. The third-order valence-corrected chi connectivity index (χ3v) is 6.05. The lowest BCUT2D eigenvalue weighted by Crippen LogP contribution is -2.42. The third-order valence-electron chi connectivity index (χ3n) is 5.76. The van der Waals surface area contributed by atoms with E-state index < -0.39 is 0 Å². The molecule has 7 heteroatoms. The second kappa shape index (κ2) is 9.41. The molecular weight excluding hydrogens is 407 g/mol. The zero-order valence-electron chi connectivity index (χ0n) is 17.5. The minimum Gasteiger partial charge on any atom is -0.490 e. The summed E-state index contributed by atoms with van der Waals surface area (Å²) in [5.41, 5.74) is 5.21. The van der Waals surface area contributed by atoms with Gasteiger partial charge in [0.05, 0.1) is 30.4 Å². The van der Waals surface area contributed by atoms with Gasteiger partial charge in [-0.15, -0.1) is 0 Å². The first-order valence-corrected chi connectivity index (χ1v) is 10.8. The Hall–Kier alpha value is -2.02. The van der Waals surface area contributed by atoms with Gasteiger partial charge in [-0.25, -0.2) is 4.39 Å². The summed E-state index contributed by atoms with van der Waals surface area (Å²) < 4.78 is 30.9. The Morgan fingerprint density at radius 3 is 2.90 bits per heavy atom. The van der Waals surface area contributed by atoms with Crippen LogP contribution in [-0.4, -0.2) is 52.6 Å². The number of benzene rings is 2. The minimum absolute atomic E-state index is 0.257. The molecule has 0 amide bonds. The zero-order chi connectivity index (χ0) is 21.1. The van der Waals surface area contributed by atoms with Gasteiger partial charge in [0.25, 0.3) is 0 Å². The molecule has 2 aromatic rings. The third kappa shape index (κ3) is 4.51. The Morgan fingerprint density at radius 1 is 1.27 bits per heavy atom. The molecule has 0 fully saturated rings. The van der Waals surface area contributed by atoms with E-state index in [-0.39, 0.29) is 16.9 Å². The number of nitrogens with zero attached hydrogens (tertiary/aromatic N) is 1. The second-order valence-electron chi connectivity index (χ2n) is 7.80. The lowest BCUT2D eigenvalue weighted by molar-refractivity contribution is 0.0836. The molecule has 5 nitrogen and oxygen atoms in total. The molecule has 0 aliphatic carbocycles. The summed E-state index contributed by atoms with van der Waals surface area (Å²) in [5, 5.41) is 3.74. The largest absolute Gasteiger partial charge is 0.490 e. The van der Waals surface area contributed by atoms with E-state index in [1.165, 1.54) is 28.8 Å². The van der Waals surface area contributed by atoms with Gasteiger partial charge >= 0.3 is 0 Å². The van der Waals surface area contributed by atoms with Crippen molar-refractivity contribution in [1.29, 1.82) is 0 Å². The highest BCUT2D eigenvalue weighted by atomic mass is 35.5. The molecule has 2 aliphatic rings. The van der Waals surface area contributed by atoms with E-state index in [0.29, 0.717) is 25.5 Å². The number of rotatable bonds is 6. The van der Waals surface area contributed by atoms with Gasteiger partial charge < -0.3 is 24.4 Å². The normalized spacial score (nSPS) is 16.9. The molecule has 1 atom stereocenters. The van der Waals surface area contributed by atoms with Gasteiger partial charge in [0.1, 0.15) is 30.0 Å². The molecule has 30 heavy (non-hydrogen) atoms. The summed E-state index contributed by atoms with van der Waals surface area (Å²) in [4.78, 5) is 2.31. The minimum atomic E-state index is -0.386. The van der Waals surface area contributed by atoms with E-state index in [1.807, 2.05) is 0 Å². The maximum atomic E-state index is 13.4. The number of hydrogen-bond acceptors (Lipinski definition) is 5. The van der Waals surface area contributed by atoms with Crippen molar-refractivity contribution in [2.24, 2.45) is 0 Å². The van der Waals surface area contributed by atoms with E-state index in [9.17, 15) is 4.39 Å². The molecule has 2 aromatic carbocycles. The highest BCUT2D eigenvalue weighted by Gasteiger charge is 2.27. The quantitative estimate of drug-likeness (QED) is 0.749. The molecule has 0 aromatic heterocycles. The standard InChI is InChI=1S/C23H28ClFN2O3/c1-15-19-6-8-26-7-5-16(19)11-22-23(15)27(9-10-29-22)13-18(14-28-2)30-21-4-3-17(25)12-20(21)24/h3-4,11-12,18,26H,5-10,13-14H2,1-2H3. The summed E-state index contributed by atoms with van der Waals surface area (Å²) >= 11 is 6.17. The van der Waals surface area contributed by atoms with Crippen LogP contribution in [0, 0.1) is 12.7 Å². The van der Waals surface area contributed by atoms with Gasteiger partial charge in [0, 0.05) is 7.11 Å². The number of ether oxygens (including phenoxy) is 3. The van der Waals surface area contributed by atoms with E-state index in [4.69, 9.17) is 25.8 Å². The molecule has 2 aliphatic heterocycles. The molecule has 0 bridgehead atoms. The van der Waals surface area contributed by atoms with Crippen molar-refractivity contribution >= 4 is 17.3 Å². The number of anilines is 1. The maximum Gasteiger partial charge on any atom is 0.143 e. The van der Waals surface area contributed by atoms with Gasteiger partial charge in [0.15, 0.2) is 0 Å². The zero-order valence-corrected chi connectivity index (χ0v) is 18.2. The van der Waals surface area contributed by atoms with Crippen LogP contribution in [0.25, 0.3) is 0 Å². The Balaban J connectivity index is 1.60. The molecule has 2 heterocycles. The van der Waals surface area contributed by atoms with Crippen molar-refractivity contribution in [3.63, 3.8) is 0 Å². The highest BCUT2D eigenvalue weighted by Crippen LogP contribution is 2.39. The number of methoxy groups -OCH3 is 1. The first-order chi connectivity index (χ1) is 14.6. The highest BCUT2D eigenvalue weighted by molar-refractivity contribution is 6.32. The summed E-state index contributed by atoms with van der Waals surface area (Å²) in [5.74, 6) is 1.01. The molecule has 0 saturated heterocycles. The monoisotopic (exact) mass is 434 g/mol. The fourth-order valence-corrected chi connectivity index (χ4v) is 4.60. The van der Waals surface area contributed by atoms with Crippen LogP contribution in [0.1, 0.15) is 16.7 Å². The smallest absolute Gasteiger partial charge is 0.143 e. The predicted octanol–water partition coefficient (Wildman–Crippen LogP) is 3.77. The van der Waals surface area contributed by atoms with Crippen LogP contribution in [0.15, 0.2) is 24.3 Å². The topological polar surface area (TPSA) is 43.0 Å². The van der Waals surface area contributed by atoms with Crippen molar-refractivity contribution in [1.82, 2.24) is 5.32 Å². The van der Waals surface area contributed by atoms with Gasteiger partial charge in [0.2, 0.25) is 0 Å². The van der Waals surface area contributed by atoms with Crippen LogP contribution < -0.4 is 19.7 Å². The Bertz CT molecular complexity index is 909. The average molecular weight is 435 g/mol. The van der Waals surface area contributed by atoms with Gasteiger partial charge in [-0.1, -0.05) is 11.6 Å². The molecule has 162 valence electrons. The Morgan fingerprint density at radius 2 is 2.10 bits per heavy atom. The fraction of sp³-hybridized carbons (Fsp3) is 0.478. The average Bonchev–Trinajstić information content (AvgIpc) is 2.96. The number of nitrogens with one attached hydrogen (secondary N) is 1. The first kappa shape index (κ1) is 21.2. The van der Waals surface area contributed by atoms with Crippen molar-refractivity contribution in [3.8, 4) is 11.5 Å². The summed E-state index contributed by atoms with van der Waals surface area (Å²) in [6.45, 7) is 6.59. The molecule has 0 saturated carbocycles. The van der Waals surface area contributed by atoms with Crippen molar-refractivity contribution in [2.75, 3.05) is 51.4 Å². The van der Waals surface area contributed by atoms with Crippen LogP contribution in [0.5, 0.6) is 11.5 Å². The molecule has 0 spiro atoms. The molecule has 0 radical (unpaired) electrons. The van der Waals surface area contributed by atoms with Crippen LogP contribution in [0.4, 0.5) is 10.1 Å². The van der Waals surface area contributed by atoms with Crippen molar-refractivity contribution < 1.29 is 18.6 Å². The van der Waals surface area contributed by atoms with E-state index >= 15 is 0 Å². The van der Waals surface area contributed by atoms with Crippen LogP contribution in [0.2, 0.25) is 5.02 Å². The van der Waals surface area contributed by atoms with Crippen LogP contribution in [-0.2, 0) is 17.6 Å². The summed E-state index contributed by atoms with van der Waals surface area (Å²) in [7, 11) is 1.65. The van der Waals surface area contributed by atoms with E-state index in [2.05, 4.69) is 23.2 Å². The maximum absolute atomic E-state index is 13.4. The summed E-state index contributed by atoms with van der Waals surface area (Å²) in [6.07, 6.45) is 1.78. The van der Waals surface area contributed by atoms with Crippen LogP contribution >= 0.6 is 11.6 Å². The molecule has 4 rings (SSSR count). The van der Waals surface area contributed by atoms with E-state index in [0.717, 1.165) is 43.9 Å². The van der Waals surface area contributed by atoms with Gasteiger partial charge in [-0.2, -0.15) is 0 Å². The molecular formula is C23H28ClFN2O3. The number of halogens is 2. The Labute approximate surface area is 182 Å². The van der Waals surface area contributed by atoms with Crippen molar-refractivity contribution in [2.45, 2.75) is 25.9 Å². The SMILES string of the molecule is COCC(CN1CCOc2cc3c(c(C)c21)CCNCC3)Oc1ccc(F)cc1Cl. The summed E-state index contributed by atoms with van der Waals surface area (Å²) in [6, 6.07) is 6.38. The lowest BCUT2D eigenvalue weighted by Gasteiger charge is -2.36. The molecule has 1 unspecified atom stereocenters. The fourth-order valence-electron chi connectivity index (χ4n) is 4.38. The number of hydrogen-bond donors (Lipinski definition) is 1. The first-order valence-electron chi connectivity index (χ1n) is 10.4.